The number of imide groups is 1. The van der Waals surface area contributed by atoms with Gasteiger partial charge in [-0.2, -0.15) is 0 Å². The van der Waals surface area contributed by atoms with Crippen LogP contribution in [0.1, 0.15) is 20.7 Å². The van der Waals surface area contributed by atoms with E-state index >= 15 is 0 Å². The molecule has 16 heavy (non-hydrogen) atoms. The smallest absolute Gasteiger partial charge is 0.261 e. The molecule has 1 aliphatic heterocycles. The highest BCUT2D eigenvalue weighted by atomic mass is 79.9. The molecule has 0 aliphatic carbocycles. The molecule has 2 rings (SSSR count). The minimum atomic E-state index is -0.481. The second-order valence-electron chi connectivity index (χ2n) is 3.19. The van der Waals surface area contributed by atoms with E-state index in [0.717, 1.165) is 0 Å². The number of halogens is 1. The average Bonchev–Trinajstić information content (AvgIpc) is 2.56. The zero-order valence-corrected chi connectivity index (χ0v) is 9.63. The van der Waals surface area contributed by atoms with Gasteiger partial charge in [0.15, 0.2) is 0 Å². The van der Waals surface area contributed by atoms with Gasteiger partial charge < -0.3 is 5.32 Å². The van der Waals surface area contributed by atoms with Crippen molar-refractivity contribution in [3.8, 4) is 0 Å². The van der Waals surface area contributed by atoms with Crippen molar-refractivity contribution in [3.05, 3.63) is 29.3 Å². The van der Waals surface area contributed by atoms with E-state index in [1.807, 2.05) is 0 Å². The van der Waals surface area contributed by atoms with Gasteiger partial charge in [-0.1, -0.05) is 22.0 Å². The maximum Gasteiger partial charge on any atom is 0.261 e. The number of carbonyl (C=O) groups is 3. The Balaban J connectivity index is 2.45. The van der Waals surface area contributed by atoms with E-state index in [4.69, 9.17) is 0 Å². The molecule has 1 heterocycles. The number of hydrogen-bond donors (Lipinski definition) is 2. The third-order valence-electron chi connectivity index (χ3n) is 2.16. The summed E-state index contributed by atoms with van der Waals surface area (Å²) >= 11 is 3.00. The first-order valence-corrected chi connectivity index (χ1v) is 5.60. The summed E-state index contributed by atoms with van der Waals surface area (Å²) in [5.74, 6) is -1.19. The molecule has 0 spiro atoms. The number of anilines is 1. The summed E-state index contributed by atoms with van der Waals surface area (Å²) in [6.45, 7) is 0. The Morgan fingerprint density at radius 2 is 2.06 bits per heavy atom. The minimum absolute atomic E-state index is 0.131. The van der Waals surface area contributed by atoms with E-state index in [1.54, 1.807) is 18.2 Å². The normalized spacial score (nSPS) is 13.3. The van der Waals surface area contributed by atoms with Crippen LogP contribution in [0.25, 0.3) is 0 Å². The maximum absolute atomic E-state index is 11.5. The van der Waals surface area contributed by atoms with Crippen molar-refractivity contribution in [2.45, 2.75) is 0 Å². The van der Waals surface area contributed by atoms with Crippen LogP contribution in [0.4, 0.5) is 5.69 Å². The fraction of sp³-hybridized carbons (Fsp3) is 0.100. The third-order valence-corrected chi connectivity index (χ3v) is 2.67. The highest BCUT2D eigenvalue weighted by Crippen LogP contribution is 2.24. The van der Waals surface area contributed by atoms with Gasteiger partial charge in [-0.05, 0) is 12.1 Å². The summed E-state index contributed by atoms with van der Waals surface area (Å²) in [5, 5.41) is 4.85. The molecule has 0 fully saturated rings. The van der Waals surface area contributed by atoms with Crippen molar-refractivity contribution in [1.29, 1.82) is 0 Å². The maximum atomic E-state index is 11.5. The summed E-state index contributed by atoms with van der Waals surface area (Å²) in [6, 6.07) is 4.73. The highest BCUT2D eigenvalue weighted by molar-refractivity contribution is 9.09. The van der Waals surface area contributed by atoms with Crippen LogP contribution in [-0.2, 0) is 4.79 Å². The average molecular weight is 283 g/mol. The topological polar surface area (TPSA) is 75.3 Å². The number of carbonyl (C=O) groups excluding carboxylic acids is 3. The molecule has 1 aromatic carbocycles. The van der Waals surface area contributed by atoms with Crippen LogP contribution in [-0.4, -0.2) is 23.1 Å². The Bertz CT molecular complexity index is 499. The van der Waals surface area contributed by atoms with Gasteiger partial charge >= 0.3 is 0 Å². The van der Waals surface area contributed by atoms with Crippen LogP contribution in [0, 0.1) is 0 Å². The van der Waals surface area contributed by atoms with Crippen LogP contribution in [0.2, 0.25) is 0 Å². The van der Waals surface area contributed by atoms with Gasteiger partial charge in [-0.25, -0.2) is 0 Å². The predicted octanol–water partition coefficient (Wildman–Crippen LogP) is 0.904. The molecular weight excluding hydrogens is 276 g/mol. The van der Waals surface area contributed by atoms with Crippen molar-refractivity contribution < 1.29 is 14.4 Å². The van der Waals surface area contributed by atoms with Gasteiger partial charge in [0.1, 0.15) is 0 Å². The number of amides is 3. The van der Waals surface area contributed by atoms with E-state index in [9.17, 15) is 14.4 Å². The van der Waals surface area contributed by atoms with Gasteiger partial charge in [0, 0.05) is 0 Å². The summed E-state index contributed by atoms with van der Waals surface area (Å²) in [4.78, 5) is 34.0. The lowest BCUT2D eigenvalue weighted by atomic mass is 10.1. The lowest BCUT2D eigenvalue weighted by molar-refractivity contribution is -0.113. The molecule has 5 nitrogen and oxygen atoms in total. The molecule has 6 heteroatoms. The van der Waals surface area contributed by atoms with Crippen molar-refractivity contribution in [3.63, 3.8) is 0 Å². The lowest BCUT2D eigenvalue weighted by Crippen LogP contribution is -2.21. The van der Waals surface area contributed by atoms with Gasteiger partial charge in [-0.3, -0.25) is 19.7 Å². The van der Waals surface area contributed by atoms with Gasteiger partial charge in [-0.15, -0.1) is 0 Å². The molecular formula is C10H7BrN2O3. The first kappa shape index (κ1) is 10.8. The highest BCUT2D eigenvalue weighted by Gasteiger charge is 2.29. The Morgan fingerprint density at radius 3 is 2.75 bits per heavy atom. The first-order valence-electron chi connectivity index (χ1n) is 4.48. The van der Waals surface area contributed by atoms with Gasteiger partial charge in [0.25, 0.3) is 11.8 Å². The summed E-state index contributed by atoms with van der Waals surface area (Å²) < 4.78 is 0. The van der Waals surface area contributed by atoms with Crippen LogP contribution >= 0.6 is 15.9 Å². The number of alkyl halides is 1. The Kier molecular flexibility index (Phi) is 2.74. The summed E-state index contributed by atoms with van der Waals surface area (Å²) in [6.07, 6.45) is 0. The number of fused-ring (bicyclic) bond motifs is 1. The van der Waals surface area contributed by atoms with Gasteiger partial charge in [0.2, 0.25) is 5.91 Å². The quantitative estimate of drug-likeness (QED) is 0.625. The molecule has 3 amide bonds. The summed E-state index contributed by atoms with van der Waals surface area (Å²) in [5.41, 5.74) is 0.865. The zero-order valence-electron chi connectivity index (χ0n) is 8.04. The molecule has 1 aliphatic rings. The van der Waals surface area contributed by atoms with Crippen molar-refractivity contribution in [1.82, 2.24) is 5.32 Å². The van der Waals surface area contributed by atoms with E-state index in [-0.39, 0.29) is 22.4 Å². The number of nitrogens with one attached hydrogen (secondary N) is 2. The van der Waals surface area contributed by atoms with E-state index in [2.05, 4.69) is 26.6 Å². The van der Waals surface area contributed by atoms with E-state index in [1.165, 1.54) is 0 Å². The minimum Gasteiger partial charge on any atom is -0.325 e. The fourth-order valence-electron chi connectivity index (χ4n) is 1.51. The fourth-order valence-corrected chi connectivity index (χ4v) is 1.65. The largest absolute Gasteiger partial charge is 0.325 e. The number of hydrogen-bond acceptors (Lipinski definition) is 3. The van der Waals surface area contributed by atoms with Crippen LogP contribution in [0.5, 0.6) is 0 Å². The van der Waals surface area contributed by atoms with Crippen LogP contribution in [0.15, 0.2) is 18.2 Å². The summed E-state index contributed by atoms with van der Waals surface area (Å²) in [7, 11) is 0. The second-order valence-corrected chi connectivity index (χ2v) is 3.75. The zero-order chi connectivity index (χ0) is 11.7. The van der Waals surface area contributed by atoms with E-state index < -0.39 is 11.8 Å². The van der Waals surface area contributed by atoms with Crippen molar-refractivity contribution in [2.75, 3.05) is 10.6 Å². The molecule has 0 radical (unpaired) electrons. The molecule has 1 aromatic rings. The Labute approximate surface area is 99.3 Å². The van der Waals surface area contributed by atoms with Crippen LogP contribution < -0.4 is 10.6 Å². The first-order chi connectivity index (χ1) is 7.63. The molecule has 0 aromatic heterocycles. The van der Waals surface area contributed by atoms with E-state index in [0.29, 0.717) is 5.69 Å². The molecule has 0 saturated heterocycles. The van der Waals surface area contributed by atoms with Crippen LogP contribution in [0.3, 0.4) is 0 Å². The van der Waals surface area contributed by atoms with Crippen molar-refractivity contribution >= 4 is 39.3 Å². The molecule has 82 valence electrons. The Hall–Kier alpha value is -1.69. The third kappa shape index (κ3) is 1.71. The molecule has 0 saturated carbocycles. The predicted molar refractivity (Wildman–Crippen MR) is 60.7 cm³/mol. The Morgan fingerprint density at radius 1 is 1.31 bits per heavy atom. The number of rotatable bonds is 2. The van der Waals surface area contributed by atoms with Crippen molar-refractivity contribution in [2.24, 2.45) is 0 Å². The lowest BCUT2D eigenvalue weighted by Gasteiger charge is -2.06. The number of benzene rings is 1. The molecule has 2 N–H and O–H groups in total. The SMILES string of the molecule is O=C(CBr)Nc1cccc2c1C(=O)NC2=O. The second kappa shape index (κ2) is 4.05. The standard InChI is InChI=1S/C10H7BrN2O3/c11-4-7(14)12-6-3-1-2-5-8(6)10(16)13-9(5)15/h1-3H,4H2,(H,12,14)(H,13,15,16). The monoisotopic (exact) mass is 282 g/mol. The molecule has 0 unspecified atom stereocenters. The molecule has 0 bridgehead atoms. The van der Waals surface area contributed by atoms with Gasteiger partial charge in [0.05, 0.1) is 22.1 Å². The molecule has 0 atom stereocenters.